The van der Waals surface area contributed by atoms with Crippen molar-refractivity contribution < 1.29 is 14.5 Å². The first-order valence-electron chi connectivity index (χ1n) is 9.87. The second-order valence-electron chi connectivity index (χ2n) is 7.28. The van der Waals surface area contributed by atoms with Gasteiger partial charge < -0.3 is 9.80 Å². The van der Waals surface area contributed by atoms with E-state index >= 15 is 0 Å². The van der Waals surface area contributed by atoms with Crippen molar-refractivity contribution in [1.82, 2.24) is 4.90 Å². The van der Waals surface area contributed by atoms with Gasteiger partial charge in [0.05, 0.1) is 10.6 Å². The summed E-state index contributed by atoms with van der Waals surface area (Å²) in [5.41, 5.74) is 1.86. The van der Waals surface area contributed by atoms with Gasteiger partial charge in [-0.25, -0.2) is 5.01 Å². The van der Waals surface area contributed by atoms with Crippen molar-refractivity contribution in [2.45, 2.75) is 12.8 Å². The van der Waals surface area contributed by atoms with Crippen LogP contribution in [0.15, 0.2) is 53.6 Å². The van der Waals surface area contributed by atoms with Crippen molar-refractivity contribution in [2.75, 3.05) is 36.1 Å². The van der Waals surface area contributed by atoms with Crippen LogP contribution < -0.4 is 9.91 Å². The lowest BCUT2D eigenvalue weighted by atomic mass is 10.1. The lowest BCUT2D eigenvalue weighted by Gasteiger charge is -2.36. The van der Waals surface area contributed by atoms with Gasteiger partial charge in [0.1, 0.15) is 5.71 Å². The minimum Gasteiger partial charge on any atom is -0.368 e. The molecule has 4 rings (SSSR count). The molecule has 2 amide bonds. The number of nitrogens with zero attached hydrogens (tertiary/aromatic N) is 5. The number of carbonyl (C=O) groups excluding carboxylic acids is 2. The molecule has 0 spiro atoms. The topological polar surface area (TPSA) is 99.4 Å². The number of carbonyl (C=O) groups is 2. The van der Waals surface area contributed by atoms with Gasteiger partial charge in [0.2, 0.25) is 5.91 Å². The van der Waals surface area contributed by atoms with E-state index in [0.717, 1.165) is 5.69 Å². The molecule has 2 aromatic rings. The van der Waals surface area contributed by atoms with E-state index in [1.807, 2.05) is 0 Å². The Balaban J connectivity index is 1.42. The lowest BCUT2D eigenvalue weighted by Crippen LogP contribution is -2.51. The molecule has 31 heavy (non-hydrogen) atoms. The zero-order valence-corrected chi connectivity index (χ0v) is 17.4. The van der Waals surface area contributed by atoms with Crippen molar-refractivity contribution in [3.63, 3.8) is 0 Å². The van der Waals surface area contributed by atoms with Crippen LogP contribution in [0.5, 0.6) is 0 Å². The number of hydrogen-bond acceptors (Lipinski definition) is 6. The third-order valence-corrected chi connectivity index (χ3v) is 5.60. The van der Waals surface area contributed by atoms with Gasteiger partial charge in [-0.15, -0.1) is 0 Å². The third kappa shape index (κ3) is 4.51. The van der Waals surface area contributed by atoms with Crippen molar-refractivity contribution in [3.05, 3.63) is 63.7 Å². The summed E-state index contributed by atoms with van der Waals surface area (Å²) in [7, 11) is 0. The van der Waals surface area contributed by atoms with Crippen LogP contribution >= 0.6 is 11.6 Å². The maximum absolute atomic E-state index is 13.0. The van der Waals surface area contributed by atoms with E-state index in [0.29, 0.717) is 49.0 Å². The van der Waals surface area contributed by atoms with Gasteiger partial charge in [-0.05, 0) is 36.4 Å². The molecule has 0 unspecified atom stereocenters. The summed E-state index contributed by atoms with van der Waals surface area (Å²) in [6.07, 6.45) is 0.528. The number of piperazine rings is 1. The van der Waals surface area contributed by atoms with E-state index in [1.165, 1.54) is 17.1 Å². The first kappa shape index (κ1) is 20.8. The zero-order chi connectivity index (χ0) is 22.0. The van der Waals surface area contributed by atoms with Crippen molar-refractivity contribution in [3.8, 4) is 0 Å². The molecule has 0 saturated carbocycles. The normalized spacial score (nSPS) is 16.9. The molecule has 0 aliphatic carbocycles. The van der Waals surface area contributed by atoms with E-state index in [9.17, 15) is 19.7 Å². The van der Waals surface area contributed by atoms with Crippen LogP contribution in [0.3, 0.4) is 0 Å². The highest BCUT2D eigenvalue weighted by Gasteiger charge is 2.30. The standard InChI is InChI=1S/C21H20ClN5O4/c22-15-1-3-17(4-2-15)26-20(28)10-9-19(23-26)21(29)25-13-11-24(12-14-25)16-5-7-18(8-6-16)27(30)31/h1-8H,9-14H2. The average molecular weight is 442 g/mol. The fourth-order valence-corrected chi connectivity index (χ4v) is 3.75. The summed E-state index contributed by atoms with van der Waals surface area (Å²) in [6.45, 7) is 2.22. The monoisotopic (exact) mass is 441 g/mol. The Morgan fingerprint density at radius 2 is 1.55 bits per heavy atom. The van der Waals surface area contributed by atoms with E-state index in [-0.39, 0.29) is 23.9 Å². The molecule has 2 aliphatic heterocycles. The lowest BCUT2D eigenvalue weighted by molar-refractivity contribution is -0.384. The fraction of sp³-hybridized carbons (Fsp3) is 0.286. The number of nitro benzene ring substituents is 1. The van der Waals surface area contributed by atoms with Gasteiger partial charge in [-0.3, -0.25) is 19.7 Å². The number of hydrogen-bond donors (Lipinski definition) is 0. The Hall–Kier alpha value is -3.46. The van der Waals surface area contributed by atoms with Crippen molar-refractivity contribution in [2.24, 2.45) is 5.10 Å². The number of hydrazone groups is 1. The summed E-state index contributed by atoms with van der Waals surface area (Å²) in [6, 6.07) is 13.1. The second kappa shape index (κ2) is 8.73. The molecule has 1 fully saturated rings. The van der Waals surface area contributed by atoms with Crippen molar-refractivity contribution >= 4 is 46.2 Å². The predicted molar refractivity (Wildman–Crippen MR) is 117 cm³/mol. The largest absolute Gasteiger partial charge is 0.368 e. The third-order valence-electron chi connectivity index (χ3n) is 5.34. The zero-order valence-electron chi connectivity index (χ0n) is 16.6. The van der Waals surface area contributed by atoms with Gasteiger partial charge in [0.15, 0.2) is 0 Å². The maximum atomic E-state index is 13.0. The number of benzene rings is 2. The predicted octanol–water partition coefficient (Wildman–Crippen LogP) is 3.08. The highest BCUT2D eigenvalue weighted by Crippen LogP contribution is 2.24. The highest BCUT2D eigenvalue weighted by molar-refractivity contribution is 6.40. The van der Waals surface area contributed by atoms with Crippen molar-refractivity contribution in [1.29, 1.82) is 0 Å². The molecule has 0 bridgehead atoms. The van der Waals surface area contributed by atoms with Gasteiger partial charge in [0, 0.05) is 61.9 Å². The Morgan fingerprint density at radius 3 is 2.16 bits per heavy atom. The molecular weight excluding hydrogens is 422 g/mol. The molecule has 0 N–H and O–H groups in total. The van der Waals surface area contributed by atoms with E-state index in [4.69, 9.17) is 11.6 Å². The van der Waals surface area contributed by atoms with Crippen LogP contribution in [0.25, 0.3) is 0 Å². The molecule has 9 nitrogen and oxygen atoms in total. The van der Waals surface area contributed by atoms with Gasteiger partial charge in [-0.2, -0.15) is 5.10 Å². The van der Waals surface area contributed by atoms with Crippen LogP contribution in [-0.4, -0.2) is 53.5 Å². The second-order valence-corrected chi connectivity index (χ2v) is 7.72. The molecule has 0 atom stereocenters. The van der Waals surface area contributed by atoms with Crippen LogP contribution in [0, 0.1) is 10.1 Å². The summed E-state index contributed by atoms with van der Waals surface area (Å²) < 4.78 is 0. The first-order valence-corrected chi connectivity index (χ1v) is 10.2. The number of rotatable bonds is 4. The summed E-state index contributed by atoms with van der Waals surface area (Å²) >= 11 is 5.91. The summed E-state index contributed by atoms with van der Waals surface area (Å²) in [5, 5.41) is 17.0. The Bertz CT molecular complexity index is 1030. The van der Waals surface area contributed by atoms with E-state index in [1.54, 1.807) is 41.3 Å². The quantitative estimate of drug-likeness (QED) is 0.536. The molecule has 2 aliphatic rings. The Morgan fingerprint density at radius 1 is 0.935 bits per heavy atom. The highest BCUT2D eigenvalue weighted by atomic mass is 35.5. The van der Waals surface area contributed by atoms with E-state index in [2.05, 4.69) is 10.0 Å². The van der Waals surface area contributed by atoms with Gasteiger partial charge in [0.25, 0.3) is 11.6 Å². The van der Waals surface area contributed by atoms with Crippen LogP contribution in [0.4, 0.5) is 17.1 Å². The molecule has 2 heterocycles. The summed E-state index contributed by atoms with van der Waals surface area (Å²) in [5.74, 6) is -0.336. The average Bonchev–Trinajstić information content (AvgIpc) is 2.80. The SMILES string of the molecule is O=C(C1=NN(c2ccc(Cl)cc2)C(=O)CC1)N1CCN(c2ccc([N+](=O)[O-])cc2)CC1. The minimum absolute atomic E-state index is 0.0488. The van der Waals surface area contributed by atoms with E-state index < -0.39 is 4.92 Å². The van der Waals surface area contributed by atoms with Crippen LogP contribution in [-0.2, 0) is 9.59 Å². The van der Waals surface area contributed by atoms with Crippen LogP contribution in [0.1, 0.15) is 12.8 Å². The smallest absolute Gasteiger partial charge is 0.270 e. The molecule has 10 heteroatoms. The molecule has 160 valence electrons. The van der Waals surface area contributed by atoms with Crippen LogP contribution in [0.2, 0.25) is 5.02 Å². The molecule has 0 radical (unpaired) electrons. The molecule has 1 saturated heterocycles. The van der Waals surface area contributed by atoms with Gasteiger partial charge >= 0.3 is 0 Å². The summed E-state index contributed by atoms with van der Waals surface area (Å²) in [4.78, 5) is 39.5. The van der Waals surface area contributed by atoms with Gasteiger partial charge in [-0.1, -0.05) is 11.6 Å². The Kier molecular flexibility index (Phi) is 5.85. The first-order chi connectivity index (χ1) is 14.9. The maximum Gasteiger partial charge on any atom is 0.270 e. The number of halogens is 1. The minimum atomic E-state index is -0.427. The molecule has 2 aromatic carbocycles. The Labute approximate surface area is 183 Å². The number of anilines is 2. The molecular formula is C21H20ClN5O4. The number of non-ortho nitro benzene ring substituents is 1. The number of nitro groups is 1. The fourth-order valence-electron chi connectivity index (χ4n) is 3.63. The number of amides is 2. The molecule has 0 aromatic heterocycles.